The molecule has 0 saturated carbocycles. The van der Waals surface area contributed by atoms with E-state index in [-0.39, 0.29) is 11.5 Å². The van der Waals surface area contributed by atoms with Crippen molar-refractivity contribution in [2.75, 3.05) is 5.32 Å². The lowest BCUT2D eigenvalue weighted by Crippen LogP contribution is -2.19. The van der Waals surface area contributed by atoms with Gasteiger partial charge in [0.15, 0.2) is 0 Å². The van der Waals surface area contributed by atoms with E-state index in [1.807, 2.05) is 24.3 Å². The number of aromatic amines is 1. The van der Waals surface area contributed by atoms with Crippen LogP contribution in [0.1, 0.15) is 10.4 Å². The third-order valence-corrected chi connectivity index (χ3v) is 3.30. The van der Waals surface area contributed by atoms with Crippen LogP contribution in [0.2, 0.25) is 0 Å². The van der Waals surface area contributed by atoms with Crippen LogP contribution in [0.15, 0.2) is 59.7 Å². The summed E-state index contributed by atoms with van der Waals surface area (Å²) in [5.41, 5.74) is 2.54. The van der Waals surface area contributed by atoms with E-state index in [2.05, 4.69) is 15.5 Å². The molecule has 6 heteroatoms. The third kappa shape index (κ3) is 2.80. The van der Waals surface area contributed by atoms with Gasteiger partial charge in [0.25, 0.3) is 11.5 Å². The van der Waals surface area contributed by atoms with E-state index in [9.17, 15) is 9.59 Å². The molecular formula is C16H14N4O2. The topological polar surface area (TPSA) is 79.8 Å². The molecule has 0 saturated heterocycles. The van der Waals surface area contributed by atoms with Gasteiger partial charge >= 0.3 is 0 Å². The van der Waals surface area contributed by atoms with Crippen molar-refractivity contribution in [1.29, 1.82) is 0 Å². The van der Waals surface area contributed by atoms with Crippen LogP contribution in [0.3, 0.4) is 0 Å². The third-order valence-electron chi connectivity index (χ3n) is 3.30. The summed E-state index contributed by atoms with van der Waals surface area (Å²) in [7, 11) is 1.64. The largest absolute Gasteiger partial charge is 0.322 e. The smallest absolute Gasteiger partial charge is 0.255 e. The van der Waals surface area contributed by atoms with Crippen molar-refractivity contribution in [2.45, 2.75) is 0 Å². The molecule has 0 radical (unpaired) electrons. The van der Waals surface area contributed by atoms with Gasteiger partial charge in [-0.05, 0) is 24.3 Å². The van der Waals surface area contributed by atoms with Gasteiger partial charge < -0.3 is 9.88 Å². The van der Waals surface area contributed by atoms with Crippen molar-refractivity contribution in [3.05, 3.63) is 70.8 Å². The summed E-state index contributed by atoms with van der Waals surface area (Å²) in [6.07, 6.45) is 3.23. The van der Waals surface area contributed by atoms with E-state index in [4.69, 9.17) is 0 Å². The Morgan fingerprint density at radius 2 is 2.09 bits per heavy atom. The molecule has 2 aromatic heterocycles. The maximum absolute atomic E-state index is 12.2. The summed E-state index contributed by atoms with van der Waals surface area (Å²) in [5.74, 6) is -0.320. The number of amides is 1. The Labute approximate surface area is 126 Å². The average Bonchev–Trinajstić information content (AvgIpc) is 3.04. The first-order chi connectivity index (χ1) is 10.6. The van der Waals surface area contributed by atoms with Gasteiger partial charge in [0.2, 0.25) is 0 Å². The Kier molecular flexibility index (Phi) is 3.57. The highest BCUT2D eigenvalue weighted by Crippen LogP contribution is 2.20. The highest BCUT2D eigenvalue weighted by Gasteiger charge is 2.08. The fraction of sp³-hybridized carbons (Fsp3) is 0.0625. The number of pyridine rings is 1. The Morgan fingerprint density at radius 3 is 2.82 bits per heavy atom. The molecule has 3 rings (SSSR count). The predicted molar refractivity (Wildman–Crippen MR) is 83.7 cm³/mol. The van der Waals surface area contributed by atoms with E-state index in [1.54, 1.807) is 31.6 Å². The molecular weight excluding hydrogens is 280 g/mol. The van der Waals surface area contributed by atoms with Gasteiger partial charge in [-0.15, -0.1) is 0 Å². The molecule has 6 nitrogen and oxygen atoms in total. The molecule has 1 amide bonds. The zero-order chi connectivity index (χ0) is 15.5. The molecule has 0 bridgehead atoms. The van der Waals surface area contributed by atoms with Gasteiger partial charge in [-0.2, -0.15) is 5.10 Å². The van der Waals surface area contributed by atoms with Crippen molar-refractivity contribution in [3.8, 4) is 11.3 Å². The fourth-order valence-corrected chi connectivity index (χ4v) is 2.07. The van der Waals surface area contributed by atoms with Crippen LogP contribution >= 0.6 is 0 Å². The average molecular weight is 294 g/mol. The SMILES string of the molecule is Cn1ccc(C(=O)Nc2cccc(-c3ccn[nH]3)c2)cc1=O. The summed E-state index contributed by atoms with van der Waals surface area (Å²) in [5, 5.41) is 9.56. The number of carbonyl (C=O) groups excluding carboxylic acids is 1. The number of nitrogens with zero attached hydrogens (tertiary/aromatic N) is 2. The molecule has 0 aliphatic heterocycles. The van der Waals surface area contributed by atoms with Gasteiger partial charge in [-0.3, -0.25) is 14.7 Å². The van der Waals surface area contributed by atoms with Crippen molar-refractivity contribution in [2.24, 2.45) is 7.05 Å². The van der Waals surface area contributed by atoms with Crippen LogP contribution in [0.4, 0.5) is 5.69 Å². The van der Waals surface area contributed by atoms with Gasteiger partial charge in [0.1, 0.15) is 0 Å². The number of anilines is 1. The molecule has 2 N–H and O–H groups in total. The summed E-state index contributed by atoms with van der Waals surface area (Å²) in [6, 6.07) is 12.2. The van der Waals surface area contributed by atoms with E-state index in [1.165, 1.54) is 10.6 Å². The van der Waals surface area contributed by atoms with E-state index < -0.39 is 0 Å². The quantitative estimate of drug-likeness (QED) is 0.775. The molecule has 3 aromatic rings. The molecule has 0 atom stereocenters. The molecule has 2 heterocycles. The van der Waals surface area contributed by atoms with Crippen LogP contribution < -0.4 is 10.9 Å². The number of nitrogens with one attached hydrogen (secondary N) is 2. The van der Waals surface area contributed by atoms with Gasteiger partial charge in [-0.1, -0.05) is 12.1 Å². The molecule has 1 aromatic carbocycles. The maximum Gasteiger partial charge on any atom is 0.255 e. The minimum absolute atomic E-state index is 0.223. The monoisotopic (exact) mass is 294 g/mol. The second-order valence-electron chi connectivity index (χ2n) is 4.87. The minimum Gasteiger partial charge on any atom is -0.322 e. The Bertz CT molecular complexity index is 866. The lowest BCUT2D eigenvalue weighted by atomic mass is 10.1. The lowest BCUT2D eigenvalue weighted by Gasteiger charge is -2.07. The Morgan fingerprint density at radius 1 is 1.23 bits per heavy atom. The Hall–Kier alpha value is -3.15. The van der Waals surface area contributed by atoms with Gasteiger partial charge in [0, 0.05) is 42.3 Å². The number of rotatable bonds is 3. The number of hydrogen-bond acceptors (Lipinski definition) is 3. The van der Waals surface area contributed by atoms with Crippen molar-refractivity contribution >= 4 is 11.6 Å². The van der Waals surface area contributed by atoms with Gasteiger partial charge in [-0.25, -0.2) is 0 Å². The summed E-state index contributed by atoms with van der Waals surface area (Å²) < 4.78 is 1.41. The number of hydrogen-bond donors (Lipinski definition) is 2. The van der Waals surface area contributed by atoms with Gasteiger partial charge in [0.05, 0.1) is 5.69 Å². The van der Waals surface area contributed by atoms with Crippen molar-refractivity contribution in [1.82, 2.24) is 14.8 Å². The van der Waals surface area contributed by atoms with Crippen LogP contribution in [0.5, 0.6) is 0 Å². The first-order valence-electron chi connectivity index (χ1n) is 6.71. The first-order valence-corrected chi connectivity index (χ1v) is 6.71. The highest BCUT2D eigenvalue weighted by atomic mass is 16.2. The summed E-state index contributed by atoms with van der Waals surface area (Å²) in [6.45, 7) is 0. The van der Waals surface area contributed by atoms with E-state index in [0.717, 1.165) is 11.3 Å². The molecule has 0 spiro atoms. The standard InChI is InChI=1S/C16H14N4O2/c1-20-8-6-12(10-15(20)21)16(22)18-13-4-2-3-11(9-13)14-5-7-17-19-14/h2-10H,1H3,(H,17,19)(H,18,22). The number of carbonyl (C=O) groups is 1. The van der Waals surface area contributed by atoms with E-state index >= 15 is 0 Å². The van der Waals surface area contributed by atoms with Crippen molar-refractivity contribution < 1.29 is 4.79 Å². The summed E-state index contributed by atoms with van der Waals surface area (Å²) >= 11 is 0. The second kappa shape index (κ2) is 5.69. The van der Waals surface area contributed by atoms with Crippen LogP contribution in [-0.4, -0.2) is 20.7 Å². The van der Waals surface area contributed by atoms with Crippen molar-refractivity contribution in [3.63, 3.8) is 0 Å². The summed E-state index contributed by atoms with van der Waals surface area (Å²) in [4.78, 5) is 23.8. The minimum atomic E-state index is -0.320. The molecule has 22 heavy (non-hydrogen) atoms. The number of aromatic nitrogens is 3. The molecule has 110 valence electrons. The zero-order valence-corrected chi connectivity index (χ0v) is 11.9. The van der Waals surface area contributed by atoms with Crippen LogP contribution in [0, 0.1) is 0 Å². The second-order valence-corrected chi connectivity index (χ2v) is 4.87. The zero-order valence-electron chi connectivity index (χ0n) is 11.9. The maximum atomic E-state index is 12.2. The molecule has 0 aliphatic carbocycles. The number of benzene rings is 1. The number of H-pyrrole nitrogens is 1. The highest BCUT2D eigenvalue weighted by molar-refractivity contribution is 6.04. The predicted octanol–water partition coefficient (Wildman–Crippen LogP) is 2.03. The molecule has 0 aliphatic rings. The number of aryl methyl sites for hydroxylation is 1. The molecule has 0 fully saturated rings. The first kappa shape index (κ1) is 13.8. The molecule has 0 unspecified atom stereocenters. The van der Waals surface area contributed by atoms with Crippen LogP contribution in [0.25, 0.3) is 11.3 Å². The van der Waals surface area contributed by atoms with Crippen LogP contribution in [-0.2, 0) is 7.05 Å². The normalized spacial score (nSPS) is 10.4. The van der Waals surface area contributed by atoms with E-state index in [0.29, 0.717) is 11.3 Å². The fourth-order valence-electron chi connectivity index (χ4n) is 2.07. The lowest BCUT2D eigenvalue weighted by molar-refractivity contribution is 0.102. The Balaban J connectivity index is 1.83.